The number of nitrogens with zero attached hydrogens (tertiary/aromatic N) is 3. The number of fused-ring (bicyclic) bond motifs is 1. The van der Waals surface area contributed by atoms with Gasteiger partial charge in [0.15, 0.2) is 0 Å². The minimum absolute atomic E-state index is 0.132. The number of hydrogen-bond donors (Lipinski definition) is 1. The van der Waals surface area contributed by atoms with Gasteiger partial charge in [-0.2, -0.15) is 0 Å². The van der Waals surface area contributed by atoms with Crippen LogP contribution in [0.25, 0.3) is 5.00 Å². The second kappa shape index (κ2) is 3.90. The average molecular weight is 263 g/mol. The number of aliphatic hydroxyl groups excluding tert-OH is 1. The smallest absolute Gasteiger partial charge is 0.141 e. The Labute approximate surface area is 110 Å². The van der Waals surface area contributed by atoms with Gasteiger partial charge < -0.3 is 9.67 Å². The second-order valence-electron chi connectivity index (χ2n) is 5.84. The minimum atomic E-state index is -0.357. The highest BCUT2D eigenvalue weighted by Gasteiger charge is 2.34. The maximum absolute atomic E-state index is 10.3. The van der Waals surface area contributed by atoms with Crippen molar-refractivity contribution in [2.24, 2.45) is 5.41 Å². The number of aromatic nitrogens is 3. The number of aryl methyl sites for hydroxylation is 1. The fourth-order valence-electron chi connectivity index (χ4n) is 2.91. The van der Waals surface area contributed by atoms with Crippen LogP contribution in [0.4, 0.5) is 0 Å². The molecule has 0 saturated heterocycles. The van der Waals surface area contributed by atoms with Crippen molar-refractivity contribution in [3.05, 3.63) is 29.2 Å². The van der Waals surface area contributed by atoms with Crippen molar-refractivity contribution >= 4 is 11.5 Å². The van der Waals surface area contributed by atoms with Crippen LogP contribution in [-0.2, 0) is 6.42 Å². The fourth-order valence-corrected chi connectivity index (χ4v) is 3.52. The lowest BCUT2D eigenvalue weighted by Gasteiger charge is -2.33. The Bertz CT molecular complexity index is 571. The van der Waals surface area contributed by atoms with E-state index in [-0.39, 0.29) is 11.5 Å². The number of aliphatic hydroxyl groups is 1. The molecule has 2 aromatic rings. The Balaban J connectivity index is 2.18. The summed E-state index contributed by atoms with van der Waals surface area (Å²) < 4.78 is 6.12. The summed E-state index contributed by atoms with van der Waals surface area (Å²) >= 11 is 1.39. The zero-order valence-corrected chi connectivity index (χ0v) is 11.7. The molecule has 0 bridgehead atoms. The van der Waals surface area contributed by atoms with Crippen molar-refractivity contribution in [3.63, 3.8) is 0 Å². The van der Waals surface area contributed by atoms with Gasteiger partial charge in [-0.15, -0.1) is 5.10 Å². The Hall–Kier alpha value is -1.20. The largest absolute Gasteiger partial charge is 0.388 e. The van der Waals surface area contributed by atoms with Crippen LogP contribution >= 0.6 is 11.5 Å². The van der Waals surface area contributed by atoms with Gasteiger partial charge in [0.1, 0.15) is 5.00 Å². The quantitative estimate of drug-likeness (QED) is 0.860. The van der Waals surface area contributed by atoms with Crippen molar-refractivity contribution in [3.8, 4) is 5.00 Å². The number of rotatable bonds is 1. The first-order chi connectivity index (χ1) is 8.48. The van der Waals surface area contributed by atoms with E-state index in [1.165, 1.54) is 17.2 Å². The molecule has 18 heavy (non-hydrogen) atoms. The molecule has 5 heteroatoms. The molecule has 0 aliphatic heterocycles. The van der Waals surface area contributed by atoms with Crippen LogP contribution in [-0.4, -0.2) is 19.3 Å². The van der Waals surface area contributed by atoms with Crippen LogP contribution in [0.2, 0.25) is 0 Å². The van der Waals surface area contributed by atoms with Crippen LogP contribution in [0.3, 0.4) is 0 Å². The third kappa shape index (κ3) is 1.78. The van der Waals surface area contributed by atoms with E-state index < -0.39 is 0 Å². The summed E-state index contributed by atoms with van der Waals surface area (Å²) in [6.07, 6.45) is 3.23. The molecule has 0 radical (unpaired) electrons. The summed E-state index contributed by atoms with van der Waals surface area (Å²) in [4.78, 5) is 0. The average Bonchev–Trinajstić information content (AvgIpc) is 2.83. The van der Waals surface area contributed by atoms with E-state index in [1.807, 2.05) is 0 Å². The Morgan fingerprint density at radius 2 is 2.28 bits per heavy atom. The molecule has 3 rings (SSSR count). The van der Waals surface area contributed by atoms with Gasteiger partial charge in [0.05, 0.1) is 12.3 Å². The van der Waals surface area contributed by atoms with E-state index >= 15 is 0 Å². The second-order valence-corrected chi connectivity index (χ2v) is 6.60. The van der Waals surface area contributed by atoms with E-state index in [0.717, 1.165) is 29.1 Å². The van der Waals surface area contributed by atoms with E-state index in [0.29, 0.717) is 0 Å². The molecule has 1 aliphatic rings. The highest BCUT2D eigenvalue weighted by molar-refractivity contribution is 7.08. The molecule has 1 atom stereocenters. The molecular formula is C13H17N3OS. The molecular weight excluding hydrogens is 246 g/mol. The topological polar surface area (TPSA) is 50.9 Å². The van der Waals surface area contributed by atoms with Crippen molar-refractivity contribution in [1.29, 1.82) is 0 Å². The highest BCUT2D eigenvalue weighted by Crippen LogP contribution is 2.42. The van der Waals surface area contributed by atoms with Crippen molar-refractivity contribution in [2.45, 2.75) is 39.7 Å². The van der Waals surface area contributed by atoms with Gasteiger partial charge in [-0.1, -0.05) is 18.3 Å². The lowest BCUT2D eigenvalue weighted by molar-refractivity contribution is 0.0987. The highest BCUT2D eigenvalue weighted by atomic mass is 32.1. The summed E-state index contributed by atoms with van der Waals surface area (Å²) in [5.41, 5.74) is 3.55. The first-order valence-electron chi connectivity index (χ1n) is 6.15. The Morgan fingerprint density at radius 3 is 2.94 bits per heavy atom. The van der Waals surface area contributed by atoms with Gasteiger partial charge in [0, 0.05) is 28.5 Å². The Morgan fingerprint density at radius 1 is 1.50 bits per heavy atom. The van der Waals surface area contributed by atoms with Crippen LogP contribution in [0.15, 0.2) is 12.3 Å². The van der Waals surface area contributed by atoms with Crippen LogP contribution in [0.5, 0.6) is 0 Å². The van der Waals surface area contributed by atoms with E-state index in [4.69, 9.17) is 0 Å². The SMILES string of the molecule is Cc1cc2c(n1-c1cnns1)CC(C)(C)CC2O. The molecule has 0 aromatic carbocycles. The molecule has 1 aliphatic carbocycles. The van der Waals surface area contributed by atoms with Crippen molar-refractivity contribution in [1.82, 2.24) is 14.2 Å². The molecule has 2 heterocycles. The molecule has 0 amide bonds. The third-order valence-electron chi connectivity index (χ3n) is 3.64. The third-order valence-corrected chi connectivity index (χ3v) is 4.29. The van der Waals surface area contributed by atoms with E-state index in [9.17, 15) is 5.11 Å². The maximum atomic E-state index is 10.3. The monoisotopic (exact) mass is 263 g/mol. The molecule has 0 fully saturated rings. The lowest BCUT2D eigenvalue weighted by atomic mass is 9.75. The van der Waals surface area contributed by atoms with Gasteiger partial charge in [-0.05, 0) is 31.2 Å². The first kappa shape index (κ1) is 11.9. The van der Waals surface area contributed by atoms with Crippen LogP contribution in [0.1, 0.15) is 43.3 Å². The predicted molar refractivity (Wildman–Crippen MR) is 71.0 cm³/mol. The molecule has 96 valence electrons. The van der Waals surface area contributed by atoms with Crippen molar-refractivity contribution in [2.75, 3.05) is 0 Å². The molecule has 1 unspecified atom stereocenters. The first-order valence-corrected chi connectivity index (χ1v) is 6.92. The maximum Gasteiger partial charge on any atom is 0.141 e. The van der Waals surface area contributed by atoms with E-state index in [2.05, 4.69) is 41.0 Å². The standard InChI is InChI=1S/C13H17N3OS/c1-8-4-9-10(5-13(2,3)6-11(9)17)16(8)12-7-14-15-18-12/h4,7,11,17H,5-6H2,1-3H3. The van der Waals surface area contributed by atoms with Crippen LogP contribution in [0, 0.1) is 12.3 Å². The number of hydrogen-bond acceptors (Lipinski definition) is 4. The molecule has 4 nitrogen and oxygen atoms in total. The summed E-state index contributed by atoms with van der Waals surface area (Å²) in [5.74, 6) is 0. The molecule has 0 spiro atoms. The molecule has 0 saturated carbocycles. The van der Waals surface area contributed by atoms with Gasteiger partial charge in [-0.25, -0.2) is 0 Å². The summed E-state index contributed by atoms with van der Waals surface area (Å²) in [5, 5.41) is 15.2. The normalized spacial score (nSPS) is 21.9. The zero-order chi connectivity index (χ0) is 12.9. The van der Waals surface area contributed by atoms with Crippen molar-refractivity contribution < 1.29 is 5.11 Å². The Kier molecular flexibility index (Phi) is 2.57. The summed E-state index contributed by atoms with van der Waals surface area (Å²) in [6, 6.07) is 2.09. The van der Waals surface area contributed by atoms with E-state index in [1.54, 1.807) is 6.20 Å². The molecule has 2 aromatic heterocycles. The molecule has 1 N–H and O–H groups in total. The van der Waals surface area contributed by atoms with Gasteiger partial charge >= 0.3 is 0 Å². The fraction of sp³-hybridized carbons (Fsp3) is 0.538. The minimum Gasteiger partial charge on any atom is -0.388 e. The zero-order valence-electron chi connectivity index (χ0n) is 10.8. The lowest BCUT2D eigenvalue weighted by Crippen LogP contribution is -2.26. The summed E-state index contributed by atoms with van der Waals surface area (Å²) in [7, 11) is 0. The summed E-state index contributed by atoms with van der Waals surface area (Å²) in [6.45, 7) is 6.48. The van der Waals surface area contributed by atoms with Gasteiger partial charge in [0.25, 0.3) is 0 Å². The van der Waals surface area contributed by atoms with Crippen LogP contribution < -0.4 is 0 Å². The predicted octanol–water partition coefficient (Wildman–Crippen LogP) is 2.64. The van der Waals surface area contributed by atoms with Gasteiger partial charge in [-0.3, -0.25) is 0 Å². The van der Waals surface area contributed by atoms with Gasteiger partial charge in [0.2, 0.25) is 0 Å².